The molecule has 1 aliphatic rings. The van der Waals surface area contributed by atoms with Crippen molar-refractivity contribution in [2.24, 2.45) is 0 Å². The van der Waals surface area contributed by atoms with Gasteiger partial charge in [-0.1, -0.05) is 25.0 Å². The Morgan fingerprint density at radius 3 is 2.64 bits per heavy atom. The molecule has 178 valence electrons. The quantitative estimate of drug-likeness (QED) is 0.584. The van der Waals surface area contributed by atoms with E-state index in [1.54, 1.807) is 25.1 Å². The molecule has 0 aliphatic carbocycles. The Labute approximate surface area is 195 Å². The summed E-state index contributed by atoms with van der Waals surface area (Å²) in [5.41, 5.74) is 1.74. The molecule has 0 aromatic heterocycles. The maximum absolute atomic E-state index is 14.5. The van der Waals surface area contributed by atoms with E-state index < -0.39 is 26.8 Å². The Balaban J connectivity index is 2.11. The molecule has 0 saturated heterocycles. The summed E-state index contributed by atoms with van der Waals surface area (Å²) in [5, 5.41) is 8.41. The highest BCUT2D eigenvalue weighted by atomic mass is 32.2. The van der Waals surface area contributed by atoms with Crippen LogP contribution < -0.4 is 4.72 Å². The number of nitrogens with zero attached hydrogens (tertiary/aromatic N) is 2. The van der Waals surface area contributed by atoms with E-state index in [1.807, 2.05) is 23.7 Å². The molecule has 7 nitrogen and oxygen atoms in total. The van der Waals surface area contributed by atoms with Gasteiger partial charge in [0.25, 0.3) is 10.0 Å². The molecule has 9 heteroatoms. The number of rotatable bonds is 7. The number of sulfonamides is 1. The zero-order valence-corrected chi connectivity index (χ0v) is 20.2. The van der Waals surface area contributed by atoms with Gasteiger partial charge >= 0.3 is 0 Å². The fourth-order valence-electron chi connectivity index (χ4n) is 3.16. The summed E-state index contributed by atoms with van der Waals surface area (Å²) in [5.74, 6) is 9.77. The fraction of sp³-hybridized carbons (Fsp3) is 0.458. The van der Waals surface area contributed by atoms with Gasteiger partial charge in [0.1, 0.15) is 5.82 Å². The van der Waals surface area contributed by atoms with E-state index >= 15 is 0 Å². The average Bonchev–Trinajstić information content (AvgIpc) is 2.74. The number of halogens is 1. The van der Waals surface area contributed by atoms with Crippen LogP contribution in [0.4, 0.5) is 4.39 Å². The molecular weight excluding hydrogens is 445 g/mol. The number of benzene rings is 1. The van der Waals surface area contributed by atoms with E-state index in [-0.39, 0.29) is 25.1 Å². The molecule has 1 amide bonds. The van der Waals surface area contributed by atoms with E-state index in [0.29, 0.717) is 24.9 Å². The number of amides is 1. The highest BCUT2D eigenvalue weighted by Crippen LogP contribution is 2.28. The summed E-state index contributed by atoms with van der Waals surface area (Å²) in [6, 6.07) is 4.72. The number of carbonyl (C=O) groups excluding carboxylic acids is 1. The molecule has 1 heterocycles. The van der Waals surface area contributed by atoms with Gasteiger partial charge in [-0.25, -0.2) is 17.5 Å². The lowest BCUT2D eigenvalue weighted by Gasteiger charge is -2.37. The minimum atomic E-state index is -4.33. The Kier molecular flexibility index (Phi) is 9.21. The summed E-state index contributed by atoms with van der Waals surface area (Å²) in [6.45, 7) is 3.80. The molecule has 2 rings (SSSR count). The molecule has 1 aromatic carbocycles. The van der Waals surface area contributed by atoms with Crippen LogP contribution in [0, 0.1) is 29.5 Å². The Morgan fingerprint density at radius 2 is 2.06 bits per heavy atom. The van der Waals surface area contributed by atoms with Crippen molar-refractivity contribution in [3.8, 4) is 23.7 Å². The van der Waals surface area contributed by atoms with Crippen LogP contribution in [0.5, 0.6) is 0 Å². The van der Waals surface area contributed by atoms with Crippen molar-refractivity contribution in [3.05, 3.63) is 41.2 Å². The van der Waals surface area contributed by atoms with E-state index in [9.17, 15) is 22.7 Å². The van der Waals surface area contributed by atoms with Gasteiger partial charge in [0.15, 0.2) is 0 Å². The Hall–Kier alpha value is -2.69. The van der Waals surface area contributed by atoms with Crippen molar-refractivity contribution in [1.29, 1.82) is 0 Å². The Bertz CT molecular complexity index is 1140. The third-order valence-electron chi connectivity index (χ3n) is 5.11. The molecule has 0 radical (unpaired) electrons. The number of hydrogen-bond acceptors (Lipinski definition) is 6. The largest absolute Gasteiger partial charge is 0.361 e. The second-order valence-electron chi connectivity index (χ2n) is 8.12. The number of nitrogens with one attached hydrogen (secondary N) is 1. The van der Waals surface area contributed by atoms with Crippen molar-refractivity contribution in [1.82, 2.24) is 14.5 Å². The number of hydrogen-bond donors (Lipinski definition) is 2. The summed E-state index contributed by atoms with van der Waals surface area (Å²) >= 11 is 0. The molecular formula is C24H30FN3O4S. The van der Waals surface area contributed by atoms with Crippen molar-refractivity contribution >= 4 is 21.5 Å². The second kappa shape index (κ2) is 11.4. The van der Waals surface area contributed by atoms with Crippen LogP contribution in [0.2, 0.25) is 0 Å². The second-order valence-corrected chi connectivity index (χ2v) is 10.1. The molecule has 1 atom stereocenters. The van der Waals surface area contributed by atoms with Gasteiger partial charge in [0.05, 0.1) is 12.1 Å². The third kappa shape index (κ3) is 7.15. The monoisotopic (exact) mass is 475 g/mol. The lowest BCUT2D eigenvalue weighted by molar-refractivity contribution is -0.119. The molecule has 2 N–H and O–H groups in total. The first-order valence-corrected chi connectivity index (χ1v) is 12.1. The van der Waals surface area contributed by atoms with Crippen molar-refractivity contribution in [2.75, 3.05) is 33.7 Å². The van der Waals surface area contributed by atoms with Crippen molar-refractivity contribution < 1.29 is 22.7 Å². The van der Waals surface area contributed by atoms with Crippen LogP contribution >= 0.6 is 0 Å². The van der Waals surface area contributed by atoms with Gasteiger partial charge in [-0.05, 0) is 74.9 Å². The molecule has 1 aliphatic heterocycles. The number of aliphatic hydroxyl groups is 1. The van der Waals surface area contributed by atoms with Crippen LogP contribution in [-0.2, 0) is 14.8 Å². The highest BCUT2D eigenvalue weighted by molar-refractivity contribution is 7.91. The summed E-state index contributed by atoms with van der Waals surface area (Å²) in [4.78, 5) is 15.0. The van der Waals surface area contributed by atoms with Crippen LogP contribution in [0.25, 0.3) is 5.57 Å². The summed E-state index contributed by atoms with van der Waals surface area (Å²) < 4.78 is 41.4. The highest BCUT2D eigenvalue weighted by Gasteiger charge is 2.44. The lowest BCUT2D eigenvalue weighted by Crippen LogP contribution is -2.58. The van der Waals surface area contributed by atoms with Crippen LogP contribution in [0.1, 0.15) is 44.2 Å². The molecule has 0 saturated carbocycles. The first kappa shape index (κ1) is 26.6. The molecule has 33 heavy (non-hydrogen) atoms. The Morgan fingerprint density at radius 1 is 1.33 bits per heavy atom. The predicted octanol–water partition coefficient (Wildman–Crippen LogP) is 1.74. The maximum Gasteiger partial charge on any atom is 0.279 e. The van der Waals surface area contributed by atoms with E-state index in [1.165, 1.54) is 11.0 Å². The standard InChI is InChI=1S/C24H30FN3O4S/c1-5-9-23(29)26-33(31,32)24(2,30)28-16-13-19(14-17-28)21-12-11-20(22(25)18-21)10-7-6-8-15-27(3)4/h11-13,18,30H,5,9,14-17H2,1-4H3,(H,26,29). The maximum atomic E-state index is 14.5. The molecule has 0 spiro atoms. The van der Waals surface area contributed by atoms with Crippen LogP contribution in [0.3, 0.4) is 0 Å². The smallest absolute Gasteiger partial charge is 0.279 e. The summed E-state index contributed by atoms with van der Waals surface area (Å²) in [7, 11) is -0.542. The van der Waals surface area contributed by atoms with E-state index in [2.05, 4.69) is 23.7 Å². The average molecular weight is 476 g/mol. The van der Waals surface area contributed by atoms with Crippen molar-refractivity contribution in [2.45, 2.75) is 38.2 Å². The summed E-state index contributed by atoms with van der Waals surface area (Å²) in [6.07, 6.45) is 2.68. The molecule has 1 unspecified atom stereocenters. The van der Waals surface area contributed by atoms with Crippen molar-refractivity contribution in [3.63, 3.8) is 0 Å². The van der Waals surface area contributed by atoms with Crippen LogP contribution in [0.15, 0.2) is 24.3 Å². The molecule has 0 fully saturated rings. The van der Waals surface area contributed by atoms with Gasteiger partial charge in [-0.3, -0.25) is 14.6 Å². The van der Waals surface area contributed by atoms with Gasteiger partial charge in [-0.15, -0.1) is 0 Å². The zero-order chi connectivity index (χ0) is 24.6. The first-order chi connectivity index (χ1) is 15.5. The number of carbonyl (C=O) groups is 1. The van der Waals surface area contributed by atoms with Gasteiger partial charge in [0.2, 0.25) is 11.0 Å². The predicted molar refractivity (Wildman–Crippen MR) is 126 cm³/mol. The fourth-order valence-corrected chi connectivity index (χ4v) is 4.26. The van der Waals surface area contributed by atoms with Crippen LogP contribution in [-0.4, -0.2) is 68.0 Å². The topological polar surface area (TPSA) is 89.9 Å². The minimum Gasteiger partial charge on any atom is -0.361 e. The zero-order valence-electron chi connectivity index (χ0n) is 19.4. The van der Waals surface area contributed by atoms with Gasteiger partial charge < -0.3 is 5.11 Å². The molecule has 0 bridgehead atoms. The molecule has 1 aromatic rings. The van der Waals surface area contributed by atoms with E-state index in [0.717, 1.165) is 12.5 Å². The SMILES string of the molecule is CCCC(=O)NS(=O)(=O)C(C)(O)N1CC=C(c2ccc(C#CC#CCN(C)C)c(F)c2)CC1. The van der Waals surface area contributed by atoms with Gasteiger partial charge in [-0.2, -0.15) is 0 Å². The normalized spacial score (nSPS) is 16.0. The minimum absolute atomic E-state index is 0.0496. The third-order valence-corrected chi connectivity index (χ3v) is 6.89. The lowest BCUT2D eigenvalue weighted by atomic mass is 9.98. The van der Waals surface area contributed by atoms with E-state index in [4.69, 9.17) is 0 Å². The van der Waals surface area contributed by atoms with Gasteiger partial charge in [0, 0.05) is 19.5 Å². The first-order valence-electron chi connectivity index (χ1n) is 10.6.